The van der Waals surface area contributed by atoms with Gasteiger partial charge in [0.1, 0.15) is 11.9 Å². The highest BCUT2D eigenvalue weighted by Gasteiger charge is 2.23. The van der Waals surface area contributed by atoms with E-state index < -0.39 is 6.10 Å². The molecule has 1 N–H and O–H groups in total. The number of nitrogens with zero attached hydrogens (tertiary/aromatic N) is 3. The van der Waals surface area contributed by atoms with Crippen LogP contribution in [0.2, 0.25) is 0 Å². The number of aliphatic hydroxyl groups is 1. The number of rotatable bonds is 6. The third-order valence-electron chi connectivity index (χ3n) is 5.64. The topological polar surface area (TPSA) is 69.3 Å². The summed E-state index contributed by atoms with van der Waals surface area (Å²) in [5.74, 6) is 0.541. The van der Waals surface area contributed by atoms with E-state index in [9.17, 15) is 9.90 Å². The molecule has 2 atom stereocenters. The number of aromatic nitrogens is 3. The molecule has 0 unspecified atom stereocenters. The van der Waals surface area contributed by atoms with E-state index in [0.29, 0.717) is 5.82 Å². The lowest BCUT2D eigenvalue weighted by Crippen LogP contribution is -2.18. The minimum atomic E-state index is -0.743. The maximum absolute atomic E-state index is 13.2. The maximum atomic E-state index is 13.2. The molecule has 1 saturated heterocycles. The predicted octanol–water partition coefficient (Wildman–Crippen LogP) is 3.57. The van der Waals surface area contributed by atoms with E-state index in [1.807, 2.05) is 48.7 Å². The summed E-state index contributed by atoms with van der Waals surface area (Å²) in [5, 5.41) is 10.1. The summed E-state index contributed by atoms with van der Waals surface area (Å²) in [5.41, 5.74) is 4.42. The second-order valence-corrected chi connectivity index (χ2v) is 7.67. The van der Waals surface area contributed by atoms with Gasteiger partial charge in [0.15, 0.2) is 5.78 Å². The van der Waals surface area contributed by atoms with Crippen molar-refractivity contribution in [2.24, 2.45) is 0 Å². The molecule has 4 rings (SSSR count). The smallest absolute Gasteiger partial charge is 0.184 e. The highest BCUT2D eigenvalue weighted by atomic mass is 16.5. The molecule has 6 heteroatoms. The number of benzene rings is 1. The second-order valence-electron chi connectivity index (χ2n) is 7.67. The van der Waals surface area contributed by atoms with Gasteiger partial charge in [-0.3, -0.25) is 4.79 Å². The number of carbonyl (C=O) groups excluding carboxylic acids is 1. The van der Waals surface area contributed by atoms with Crippen molar-refractivity contribution in [3.05, 3.63) is 53.1 Å². The van der Waals surface area contributed by atoms with Crippen LogP contribution in [0.15, 0.2) is 30.3 Å². The monoisotopic (exact) mass is 381 g/mol. The predicted molar refractivity (Wildman–Crippen MR) is 108 cm³/mol. The summed E-state index contributed by atoms with van der Waals surface area (Å²) in [6.07, 6.45) is 1.66. The zero-order valence-electron chi connectivity index (χ0n) is 16.7. The lowest BCUT2D eigenvalue weighted by molar-refractivity contribution is 0.0946. The minimum absolute atomic E-state index is 0.0248. The van der Waals surface area contributed by atoms with Gasteiger partial charge in [0.25, 0.3) is 0 Å². The number of Topliss-reactive ketones (excluding diaryl/α,β-unsaturated/α-hetero) is 1. The summed E-state index contributed by atoms with van der Waals surface area (Å²) in [6.45, 7) is 7.48. The average Bonchev–Trinajstić information content (AvgIpc) is 3.37. The first-order chi connectivity index (χ1) is 13.5. The Morgan fingerprint density at radius 1 is 1.32 bits per heavy atom. The molecule has 6 nitrogen and oxygen atoms in total. The molecule has 0 radical (unpaired) electrons. The van der Waals surface area contributed by atoms with Crippen LogP contribution in [0.25, 0.3) is 11.0 Å². The maximum Gasteiger partial charge on any atom is 0.184 e. The zero-order valence-corrected chi connectivity index (χ0v) is 16.7. The van der Waals surface area contributed by atoms with Crippen molar-refractivity contribution in [3.8, 4) is 0 Å². The van der Waals surface area contributed by atoms with Gasteiger partial charge in [-0.1, -0.05) is 12.1 Å². The molecule has 2 aromatic heterocycles. The number of imidazole rings is 1. The van der Waals surface area contributed by atoms with Gasteiger partial charge in [0.05, 0.1) is 23.7 Å². The van der Waals surface area contributed by atoms with Crippen molar-refractivity contribution >= 4 is 16.8 Å². The zero-order chi connectivity index (χ0) is 19.8. The minimum Gasteiger partial charge on any atom is -0.385 e. The van der Waals surface area contributed by atoms with Gasteiger partial charge < -0.3 is 19.0 Å². The van der Waals surface area contributed by atoms with Gasteiger partial charge in [-0.25, -0.2) is 4.98 Å². The third kappa shape index (κ3) is 3.38. The van der Waals surface area contributed by atoms with E-state index >= 15 is 0 Å². The fourth-order valence-electron chi connectivity index (χ4n) is 4.16. The van der Waals surface area contributed by atoms with E-state index in [2.05, 4.69) is 9.55 Å². The van der Waals surface area contributed by atoms with Crippen molar-refractivity contribution in [1.82, 2.24) is 14.1 Å². The molecule has 1 aliphatic rings. The molecular formula is C22H27N3O3. The lowest BCUT2D eigenvalue weighted by Gasteiger charge is -2.15. The van der Waals surface area contributed by atoms with E-state index in [4.69, 9.17) is 4.74 Å². The van der Waals surface area contributed by atoms with Crippen LogP contribution in [0.1, 0.15) is 53.4 Å². The molecule has 0 aliphatic carbocycles. The van der Waals surface area contributed by atoms with Gasteiger partial charge in [0, 0.05) is 30.1 Å². The Kier molecular flexibility index (Phi) is 5.08. The summed E-state index contributed by atoms with van der Waals surface area (Å²) >= 11 is 0. The molecule has 148 valence electrons. The molecular weight excluding hydrogens is 354 g/mol. The van der Waals surface area contributed by atoms with E-state index in [1.54, 1.807) is 6.92 Å². The molecule has 0 saturated carbocycles. The molecule has 3 heterocycles. The first-order valence-electron chi connectivity index (χ1n) is 9.90. The van der Waals surface area contributed by atoms with E-state index in [0.717, 1.165) is 54.0 Å². The van der Waals surface area contributed by atoms with Gasteiger partial charge in [0.2, 0.25) is 0 Å². The Balaban J connectivity index is 1.64. The molecule has 0 amide bonds. The first kappa shape index (κ1) is 18.9. The molecule has 3 aromatic rings. The first-order valence-corrected chi connectivity index (χ1v) is 9.90. The van der Waals surface area contributed by atoms with Gasteiger partial charge in [-0.15, -0.1) is 0 Å². The summed E-state index contributed by atoms with van der Waals surface area (Å²) in [7, 11) is 0. The van der Waals surface area contributed by atoms with Crippen molar-refractivity contribution in [3.63, 3.8) is 0 Å². The second kappa shape index (κ2) is 7.53. The largest absolute Gasteiger partial charge is 0.385 e. The standard InChI is InChI=1S/C22H27N3O3/c1-14-11-18(15(2)24(14)12-17-7-6-10-28-17)21(27)13-25-20-9-5-4-8-19(20)23-22(25)16(3)26/h4-5,8-9,11,16-17,26H,6-7,10,12-13H2,1-3H3/t16-,17+/m1/s1. The number of para-hydroxylation sites is 2. The Labute approximate surface area is 164 Å². The van der Waals surface area contributed by atoms with Crippen molar-refractivity contribution in [2.45, 2.75) is 58.9 Å². The van der Waals surface area contributed by atoms with Crippen LogP contribution in [0, 0.1) is 13.8 Å². The van der Waals surface area contributed by atoms with Crippen molar-refractivity contribution in [2.75, 3.05) is 6.61 Å². The summed E-state index contributed by atoms with van der Waals surface area (Å²) in [4.78, 5) is 17.7. The fraction of sp³-hybridized carbons (Fsp3) is 0.455. The summed E-state index contributed by atoms with van der Waals surface area (Å²) < 4.78 is 9.78. The number of aryl methyl sites for hydroxylation is 1. The fourth-order valence-corrected chi connectivity index (χ4v) is 4.16. The molecule has 1 fully saturated rings. The third-order valence-corrected chi connectivity index (χ3v) is 5.64. The van der Waals surface area contributed by atoms with Crippen LogP contribution in [0.4, 0.5) is 0 Å². The van der Waals surface area contributed by atoms with Crippen molar-refractivity contribution in [1.29, 1.82) is 0 Å². The van der Waals surface area contributed by atoms with Gasteiger partial charge in [-0.2, -0.15) is 0 Å². The van der Waals surface area contributed by atoms with Crippen LogP contribution >= 0.6 is 0 Å². The van der Waals surface area contributed by atoms with Crippen LogP contribution in [0.3, 0.4) is 0 Å². The molecule has 1 aromatic carbocycles. The Morgan fingerprint density at radius 3 is 2.82 bits per heavy atom. The number of ether oxygens (including phenoxy) is 1. The molecule has 0 spiro atoms. The normalized spacial score (nSPS) is 18.1. The van der Waals surface area contributed by atoms with E-state index in [1.165, 1.54) is 0 Å². The highest BCUT2D eigenvalue weighted by Crippen LogP contribution is 2.24. The molecule has 0 bridgehead atoms. The number of carbonyl (C=O) groups is 1. The van der Waals surface area contributed by atoms with Crippen LogP contribution in [-0.4, -0.2) is 37.7 Å². The number of hydrogen-bond donors (Lipinski definition) is 1. The number of hydrogen-bond acceptors (Lipinski definition) is 4. The van der Waals surface area contributed by atoms with Crippen LogP contribution in [-0.2, 0) is 17.8 Å². The van der Waals surface area contributed by atoms with Crippen LogP contribution in [0.5, 0.6) is 0 Å². The SMILES string of the molecule is Cc1cc(C(=O)Cn2c([C@@H](C)O)nc3ccccc32)c(C)n1C[C@@H]1CCCO1. The highest BCUT2D eigenvalue weighted by molar-refractivity contribution is 5.98. The number of ketones is 1. The number of fused-ring (bicyclic) bond motifs is 1. The Bertz CT molecular complexity index is 1010. The quantitative estimate of drug-likeness (QED) is 0.663. The molecule has 1 aliphatic heterocycles. The Morgan fingerprint density at radius 2 is 2.11 bits per heavy atom. The molecule has 28 heavy (non-hydrogen) atoms. The van der Waals surface area contributed by atoms with Gasteiger partial charge in [-0.05, 0) is 51.8 Å². The van der Waals surface area contributed by atoms with E-state index in [-0.39, 0.29) is 18.4 Å². The lowest BCUT2D eigenvalue weighted by atomic mass is 10.1. The average molecular weight is 381 g/mol. The van der Waals surface area contributed by atoms with Gasteiger partial charge >= 0.3 is 0 Å². The van der Waals surface area contributed by atoms with Crippen LogP contribution < -0.4 is 0 Å². The summed E-state index contributed by atoms with van der Waals surface area (Å²) in [6, 6.07) is 9.63. The van der Waals surface area contributed by atoms with Crippen molar-refractivity contribution < 1.29 is 14.6 Å². The number of aliphatic hydroxyl groups excluding tert-OH is 1. The Hall–Kier alpha value is -2.44.